The SMILES string of the molecule is Cc1ccc(S(=O)(=O)N(CC(=O)N(Cc2ccccc2F)[C@H](Cc2ccccc2)C(=O)NC2CCCC2)c2ccccc2C)cc1. The van der Waals surface area contributed by atoms with Crippen LogP contribution in [0.15, 0.2) is 108 Å². The van der Waals surface area contributed by atoms with Crippen molar-refractivity contribution in [2.75, 3.05) is 10.8 Å². The molecule has 0 aliphatic heterocycles. The highest BCUT2D eigenvalue weighted by Crippen LogP contribution is 2.28. The summed E-state index contributed by atoms with van der Waals surface area (Å²) in [6.07, 6.45) is 3.89. The highest BCUT2D eigenvalue weighted by atomic mass is 32.2. The zero-order valence-electron chi connectivity index (χ0n) is 26.2. The maximum absolute atomic E-state index is 15.1. The van der Waals surface area contributed by atoms with E-state index in [2.05, 4.69) is 5.32 Å². The summed E-state index contributed by atoms with van der Waals surface area (Å²) in [5.74, 6) is -1.48. The minimum absolute atomic E-state index is 0.0124. The van der Waals surface area contributed by atoms with Crippen molar-refractivity contribution < 1.29 is 22.4 Å². The van der Waals surface area contributed by atoms with E-state index in [1.807, 2.05) is 37.3 Å². The van der Waals surface area contributed by atoms with Crippen LogP contribution in [0.2, 0.25) is 0 Å². The summed E-state index contributed by atoms with van der Waals surface area (Å²) < 4.78 is 44.6. The first-order valence-electron chi connectivity index (χ1n) is 15.7. The highest BCUT2D eigenvalue weighted by molar-refractivity contribution is 7.92. The molecular weight excluding hydrogens is 601 g/mol. The number of hydrogen-bond acceptors (Lipinski definition) is 4. The molecule has 0 unspecified atom stereocenters. The third-order valence-electron chi connectivity index (χ3n) is 8.54. The molecule has 1 atom stereocenters. The van der Waals surface area contributed by atoms with Crippen molar-refractivity contribution in [3.63, 3.8) is 0 Å². The summed E-state index contributed by atoms with van der Waals surface area (Å²) in [5.41, 5.74) is 2.95. The van der Waals surface area contributed by atoms with Gasteiger partial charge in [0.15, 0.2) is 0 Å². The zero-order valence-corrected chi connectivity index (χ0v) is 27.0. The number of nitrogens with one attached hydrogen (secondary N) is 1. The molecule has 240 valence electrons. The number of carbonyl (C=O) groups is 2. The van der Waals surface area contributed by atoms with Crippen LogP contribution in [0.5, 0.6) is 0 Å². The second-order valence-electron chi connectivity index (χ2n) is 11.9. The largest absolute Gasteiger partial charge is 0.352 e. The molecule has 1 saturated carbocycles. The zero-order chi connectivity index (χ0) is 32.7. The number of aryl methyl sites for hydroxylation is 2. The first kappa shape index (κ1) is 32.9. The molecule has 7 nitrogen and oxygen atoms in total. The van der Waals surface area contributed by atoms with Crippen LogP contribution < -0.4 is 9.62 Å². The smallest absolute Gasteiger partial charge is 0.264 e. The number of carbonyl (C=O) groups excluding carboxylic acids is 2. The Morgan fingerprint density at radius 2 is 1.48 bits per heavy atom. The molecule has 0 radical (unpaired) electrons. The molecule has 0 spiro atoms. The van der Waals surface area contributed by atoms with Crippen LogP contribution in [0.25, 0.3) is 0 Å². The van der Waals surface area contributed by atoms with Crippen LogP contribution in [0.1, 0.15) is 47.9 Å². The Morgan fingerprint density at radius 3 is 2.15 bits per heavy atom. The average Bonchev–Trinajstić information content (AvgIpc) is 3.56. The fraction of sp³-hybridized carbons (Fsp3) is 0.297. The van der Waals surface area contributed by atoms with Gasteiger partial charge in [-0.15, -0.1) is 0 Å². The van der Waals surface area contributed by atoms with Gasteiger partial charge >= 0.3 is 0 Å². The molecule has 0 aromatic heterocycles. The number of sulfonamides is 1. The molecule has 0 heterocycles. The van der Waals surface area contributed by atoms with E-state index in [1.54, 1.807) is 61.5 Å². The lowest BCUT2D eigenvalue weighted by atomic mass is 10.0. The van der Waals surface area contributed by atoms with Crippen molar-refractivity contribution >= 4 is 27.5 Å². The number of benzene rings is 4. The predicted molar refractivity (Wildman–Crippen MR) is 178 cm³/mol. The van der Waals surface area contributed by atoms with Gasteiger partial charge in [-0.05, 0) is 62.1 Å². The summed E-state index contributed by atoms with van der Waals surface area (Å²) in [6, 6.07) is 27.8. The standard InChI is InChI=1S/C37H40FN3O4S/c1-27-20-22-32(23-21-27)46(44,45)41(34-19-11-6-12-28(34)2)26-36(42)40(25-30-15-7-10-18-33(30)38)35(24-29-13-4-3-5-14-29)37(43)39-31-16-8-9-17-31/h3-7,10-15,18-23,31,35H,8-9,16-17,24-26H2,1-2H3,(H,39,43)/t35-/m1/s1. The molecule has 0 saturated heterocycles. The molecule has 4 aromatic rings. The van der Waals surface area contributed by atoms with E-state index in [-0.39, 0.29) is 35.4 Å². The molecule has 1 aliphatic rings. The topological polar surface area (TPSA) is 86.8 Å². The van der Waals surface area contributed by atoms with Gasteiger partial charge in [0, 0.05) is 24.6 Å². The van der Waals surface area contributed by atoms with Gasteiger partial charge in [-0.25, -0.2) is 12.8 Å². The van der Waals surface area contributed by atoms with Crippen LogP contribution in [-0.4, -0.2) is 43.8 Å². The van der Waals surface area contributed by atoms with Gasteiger partial charge in [0.25, 0.3) is 10.0 Å². The van der Waals surface area contributed by atoms with Crippen molar-refractivity contribution in [1.82, 2.24) is 10.2 Å². The van der Waals surface area contributed by atoms with E-state index < -0.39 is 34.3 Å². The normalized spacial score (nSPS) is 14.1. The van der Waals surface area contributed by atoms with Gasteiger partial charge in [0.1, 0.15) is 18.4 Å². The lowest BCUT2D eigenvalue weighted by Gasteiger charge is -2.34. The van der Waals surface area contributed by atoms with E-state index in [0.717, 1.165) is 41.1 Å². The Kier molecular flexibility index (Phi) is 10.5. The molecule has 46 heavy (non-hydrogen) atoms. The third kappa shape index (κ3) is 7.83. The maximum atomic E-state index is 15.1. The van der Waals surface area contributed by atoms with Crippen LogP contribution in [0, 0.1) is 19.7 Å². The second kappa shape index (κ2) is 14.7. The fourth-order valence-corrected chi connectivity index (χ4v) is 7.40. The molecular formula is C37H40FN3O4S. The van der Waals surface area contributed by atoms with E-state index in [0.29, 0.717) is 11.3 Å². The molecule has 1 fully saturated rings. The number of amides is 2. The minimum Gasteiger partial charge on any atom is -0.352 e. The molecule has 2 amide bonds. The van der Waals surface area contributed by atoms with E-state index in [9.17, 15) is 18.0 Å². The van der Waals surface area contributed by atoms with Crippen molar-refractivity contribution in [1.29, 1.82) is 0 Å². The first-order valence-corrected chi connectivity index (χ1v) is 17.1. The number of hydrogen-bond donors (Lipinski definition) is 1. The molecule has 5 rings (SSSR count). The Morgan fingerprint density at radius 1 is 0.848 bits per heavy atom. The number of nitrogens with zero attached hydrogens (tertiary/aromatic N) is 2. The van der Waals surface area contributed by atoms with Gasteiger partial charge < -0.3 is 10.2 Å². The van der Waals surface area contributed by atoms with Crippen LogP contribution in [-0.2, 0) is 32.6 Å². The number of halogens is 1. The summed E-state index contributed by atoms with van der Waals surface area (Å²) in [5, 5.41) is 3.13. The Labute approximate surface area is 271 Å². The molecule has 9 heteroatoms. The van der Waals surface area contributed by atoms with Gasteiger partial charge in [0.05, 0.1) is 10.6 Å². The third-order valence-corrected chi connectivity index (χ3v) is 10.3. The minimum atomic E-state index is -4.22. The van der Waals surface area contributed by atoms with Crippen LogP contribution >= 0.6 is 0 Å². The number of para-hydroxylation sites is 1. The lowest BCUT2D eigenvalue weighted by Crippen LogP contribution is -2.54. The molecule has 4 aromatic carbocycles. The van der Waals surface area contributed by atoms with E-state index in [1.165, 1.54) is 23.1 Å². The van der Waals surface area contributed by atoms with Gasteiger partial charge in [-0.3, -0.25) is 13.9 Å². The lowest BCUT2D eigenvalue weighted by molar-refractivity contribution is -0.140. The van der Waals surface area contributed by atoms with E-state index in [4.69, 9.17) is 0 Å². The highest BCUT2D eigenvalue weighted by Gasteiger charge is 2.36. The van der Waals surface area contributed by atoms with Gasteiger partial charge in [-0.2, -0.15) is 0 Å². The second-order valence-corrected chi connectivity index (χ2v) is 13.8. The summed E-state index contributed by atoms with van der Waals surface area (Å²) in [4.78, 5) is 30.0. The Hall–Kier alpha value is -4.50. The molecule has 1 N–H and O–H groups in total. The summed E-state index contributed by atoms with van der Waals surface area (Å²) in [7, 11) is -4.22. The van der Waals surface area contributed by atoms with Crippen molar-refractivity contribution in [2.24, 2.45) is 0 Å². The molecule has 1 aliphatic carbocycles. The number of rotatable bonds is 12. The van der Waals surface area contributed by atoms with Crippen LogP contribution in [0.4, 0.5) is 10.1 Å². The monoisotopic (exact) mass is 641 g/mol. The van der Waals surface area contributed by atoms with Crippen molar-refractivity contribution in [3.8, 4) is 0 Å². The van der Waals surface area contributed by atoms with Crippen LogP contribution in [0.3, 0.4) is 0 Å². The van der Waals surface area contributed by atoms with E-state index >= 15 is 4.39 Å². The van der Waals surface area contributed by atoms with Crippen molar-refractivity contribution in [2.45, 2.75) is 69.5 Å². The maximum Gasteiger partial charge on any atom is 0.264 e. The van der Waals surface area contributed by atoms with Gasteiger partial charge in [-0.1, -0.05) is 97.3 Å². The summed E-state index contributed by atoms with van der Waals surface area (Å²) in [6.45, 7) is 2.84. The summed E-state index contributed by atoms with van der Waals surface area (Å²) >= 11 is 0. The first-order chi connectivity index (χ1) is 22.1. The number of anilines is 1. The average molecular weight is 642 g/mol. The predicted octanol–water partition coefficient (Wildman–Crippen LogP) is 6.34. The Bertz CT molecular complexity index is 1760. The van der Waals surface area contributed by atoms with Gasteiger partial charge in [0.2, 0.25) is 11.8 Å². The molecule has 0 bridgehead atoms. The quantitative estimate of drug-likeness (QED) is 0.196. The fourth-order valence-electron chi connectivity index (χ4n) is 5.93. The van der Waals surface area contributed by atoms with Crippen molar-refractivity contribution in [3.05, 3.63) is 131 Å². The Balaban J connectivity index is 1.58.